The molecule has 0 aliphatic rings. The summed E-state index contributed by atoms with van der Waals surface area (Å²) >= 11 is 0. The van der Waals surface area contributed by atoms with E-state index in [9.17, 15) is 4.79 Å². The number of nitrogens with two attached hydrogens (primary N) is 1. The number of hydrogen-bond donors (Lipinski definition) is 2. The van der Waals surface area contributed by atoms with E-state index < -0.39 is 0 Å². The minimum atomic E-state index is -0.147. The van der Waals surface area contributed by atoms with Gasteiger partial charge in [-0.3, -0.25) is 4.79 Å². The molecule has 0 saturated carbocycles. The third kappa shape index (κ3) is 3.13. The summed E-state index contributed by atoms with van der Waals surface area (Å²) in [5.41, 5.74) is 9.09. The minimum absolute atomic E-state index is 0.0484. The van der Waals surface area contributed by atoms with Crippen molar-refractivity contribution >= 4 is 11.6 Å². The smallest absolute Gasteiger partial charge is 0.253 e. The first-order valence-corrected chi connectivity index (χ1v) is 6.30. The fourth-order valence-electron chi connectivity index (χ4n) is 1.92. The van der Waals surface area contributed by atoms with Crippen molar-refractivity contribution < 1.29 is 4.79 Å². The summed E-state index contributed by atoms with van der Waals surface area (Å²) in [6.07, 6.45) is 0. The molecule has 0 heterocycles. The van der Waals surface area contributed by atoms with Crippen LogP contribution in [0.2, 0.25) is 0 Å². The largest absolute Gasteiger partial charge is 0.398 e. The Labute approximate surface area is 113 Å². The van der Waals surface area contributed by atoms with Crippen molar-refractivity contribution in [2.24, 2.45) is 0 Å². The van der Waals surface area contributed by atoms with E-state index in [2.05, 4.69) is 5.32 Å². The third-order valence-electron chi connectivity index (χ3n) is 3.13. The molecular formula is C16H18N2O. The number of hydrogen-bond acceptors (Lipinski definition) is 2. The molecule has 1 atom stereocenters. The summed E-state index contributed by atoms with van der Waals surface area (Å²) in [6.45, 7) is 4.00. The molecule has 3 nitrogen and oxygen atoms in total. The molecule has 1 amide bonds. The fraction of sp³-hybridized carbons (Fsp3) is 0.188. The summed E-state index contributed by atoms with van der Waals surface area (Å²) in [5.74, 6) is -0.147. The maximum atomic E-state index is 12.1. The minimum Gasteiger partial charge on any atom is -0.398 e. The van der Waals surface area contributed by atoms with Crippen molar-refractivity contribution in [1.82, 2.24) is 5.32 Å². The van der Waals surface area contributed by atoms with Crippen LogP contribution in [0.3, 0.4) is 0 Å². The van der Waals surface area contributed by atoms with Gasteiger partial charge in [-0.15, -0.1) is 0 Å². The molecule has 0 saturated heterocycles. The predicted molar refractivity (Wildman–Crippen MR) is 77.9 cm³/mol. The van der Waals surface area contributed by atoms with E-state index in [0.29, 0.717) is 11.3 Å². The Balaban J connectivity index is 2.11. The van der Waals surface area contributed by atoms with Crippen molar-refractivity contribution in [3.05, 3.63) is 65.2 Å². The zero-order chi connectivity index (χ0) is 13.8. The predicted octanol–water partition coefficient (Wildman–Crippen LogP) is 3.07. The molecule has 0 bridgehead atoms. The number of nitrogen functional groups attached to an aromatic ring is 1. The number of carbonyl (C=O) groups is 1. The molecule has 19 heavy (non-hydrogen) atoms. The maximum Gasteiger partial charge on any atom is 0.253 e. The Hall–Kier alpha value is -2.29. The SMILES string of the molecule is Cc1ccc([C@@H](C)NC(=O)c2ccccc2N)cc1. The Morgan fingerprint density at radius 2 is 1.74 bits per heavy atom. The Kier molecular flexibility index (Phi) is 3.85. The standard InChI is InChI=1S/C16H18N2O/c1-11-7-9-13(10-8-11)12(2)18-16(19)14-5-3-4-6-15(14)17/h3-10,12H,17H2,1-2H3,(H,18,19)/t12-/m1/s1. The molecular weight excluding hydrogens is 236 g/mol. The van der Waals surface area contributed by atoms with Gasteiger partial charge in [-0.1, -0.05) is 42.0 Å². The molecule has 2 rings (SSSR count). The van der Waals surface area contributed by atoms with Gasteiger partial charge >= 0.3 is 0 Å². The van der Waals surface area contributed by atoms with Crippen LogP contribution in [0.25, 0.3) is 0 Å². The second-order valence-electron chi connectivity index (χ2n) is 4.69. The lowest BCUT2D eigenvalue weighted by Crippen LogP contribution is -2.27. The molecule has 3 heteroatoms. The molecule has 0 aromatic heterocycles. The van der Waals surface area contributed by atoms with Crippen LogP contribution in [0.5, 0.6) is 0 Å². The topological polar surface area (TPSA) is 55.1 Å². The van der Waals surface area contributed by atoms with Crippen molar-refractivity contribution in [2.75, 3.05) is 5.73 Å². The van der Waals surface area contributed by atoms with Gasteiger partial charge in [-0.2, -0.15) is 0 Å². The lowest BCUT2D eigenvalue weighted by molar-refractivity contribution is 0.0941. The second-order valence-corrected chi connectivity index (χ2v) is 4.69. The highest BCUT2D eigenvalue weighted by atomic mass is 16.1. The van der Waals surface area contributed by atoms with Gasteiger partial charge in [0, 0.05) is 5.69 Å². The number of carbonyl (C=O) groups excluding carboxylic acids is 1. The summed E-state index contributed by atoms with van der Waals surface area (Å²) in [7, 11) is 0. The van der Waals surface area contributed by atoms with E-state index >= 15 is 0 Å². The van der Waals surface area contributed by atoms with Crippen LogP contribution >= 0.6 is 0 Å². The molecule has 0 fully saturated rings. The van der Waals surface area contributed by atoms with Gasteiger partial charge in [0.05, 0.1) is 11.6 Å². The van der Waals surface area contributed by atoms with Gasteiger partial charge in [0.1, 0.15) is 0 Å². The molecule has 98 valence electrons. The van der Waals surface area contributed by atoms with Gasteiger partial charge in [0.2, 0.25) is 0 Å². The number of para-hydroxylation sites is 1. The van der Waals surface area contributed by atoms with Crippen molar-refractivity contribution in [3.63, 3.8) is 0 Å². The lowest BCUT2D eigenvalue weighted by atomic mass is 10.1. The van der Waals surface area contributed by atoms with E-state index in [1.54, 1.807) is 12.1 Å². The Bertz CT molecular complexity index is 576. The second kappa shape index (κ2) is 5.57. The van der Waals surface area contributed by atoms with E-state index in [1.807, 2.05) is 50.2 Å². The molecule has 0 radical (unpaired) electrons. The van der Waals surface area contributed by atoms with Crippen LogP contribution in [-0.4, -0.2) is 5.91 Å². The Morgan fingerprint density at radius 1 is 1.11 bits per heavy atom. The highest BCUT2D eigenvalue weighted by Crippen LogP contribution is 2.16. The van der Waals surface area contributed by atoms with Crippen LogP contribution < -0.4 is 11.1 Å². The van der Waals surface area contributed by atoms with Crippen molar-refractivity contribution in [2.45, 2.75) is 19.9 Å². The quantitative estimate of drug-likeness (QED) is 0.827. The molecule has 2 aromatic rings. The fourth-order valence-corrected chi connectivity index (χ4v) is 1.92. The third-order valence-corrected chi connectivity index (χ3v) is 3.13. The summed E-state index contributed by atoms with van der Waals surface area (Å²) in [4.78, 5) is 12.1. The molecule has 0 unspecified atom stereocenters. The Morgan fingerprint density at radius 3 is 2.37 bits per heavy atom. The van der Waals surface area contributed by atoms with E-state index in [0.717, 1.165) is 5.56 Å². The first-order valence-electron chi connectivity index (χ1n) is 6.30. The average Bonchev–Trinajstić information content (AvgIpc) is 2.39. The van der Waals surface area contributed by atoms with Crippen LogP contribution in [0.15, 0.2) is 48.5 Å². The molecule has 0 aliphatic carbocycles. The molecule has 2 aromatic carbocycles. The van der Waals surface area contributed by atoms with Gasteiger partial charge in [-0.05, 0) is 31.5 Å². The van der Waals surface area contributed by atoms with E-state index in [1.165, 1.54) is 5.56 Å². The van der Waals surface area contributed by atoms with Crippen LogP contribution in [0.4, 0.5) is 5.69 Å². The van der Waals surface area contributed by atoms with Crippen molar-refractivity contribution in [1.29, 1.82) is 0 Å². The first kappa shape index (κ1) is 13.1. The monoisotopic (exact) mass is 254 g/mol. The van der Waals surface area contributed by atoms with Crippen LogP contribution in [-0.2, 0) is 0 Å². The average molecular weight is 254 g/mol. The number of aryl methyl sites for hydroxylation is 1. The maximum absolute atomic E-state index is 12.1. The van der Waals surface area contributed by atoms with Crippen molar-refractivity contribution in [3.8, 4) is 0 Å². The van der Waals surface area contributed by atoms with Gasteiger partial charge in [0.25, 0.3) is 5.91 Å². The van der Waals surface area contributed by atoms with Gasteiger partial charge < -0.3 is 11.1 Å². The first-order chi connectivity index (χ1) is 9.08. The van der Waals surface area contributed by atoms with Gasteiger partial charge in [-0.25, -0.2) is 0 Å². The van der Waals surface area contributed by atoms with Gasteiger partial charge in [0.15, 0.2) is 0 Å². The van der Waals surface area contributed by atoms with Crippen LogP contribution in [0.1, 0.15) is 34.5 Å². The summed E-state index contributed by atoms with van der Waals surface area (Å²) in [5, 5.41) is 2.95. The molecule has 0 aliphatic heterocycles. The summed E-state index contributed by atoms with van der Waals surface area (Å²) in [6, 6.07) is 15.1. The number of amides is 1. The molecule has 3 N–H and O–H groups in total. The number of rotatable bonds is 3. The highest BCUT2D eigenvalue weighted by molar-refractivity contribution is 5.99. The highest BCUT2D eigenvalue weighted by Gasteiger charge is 2.13. The zero-order valence-electron chi connectivity index (χ0n) is 11.2. The van der Waals surface area contributed by atoms with Crippen LogP contribution in [0, 0.1) is 6.92 Å². The number of anilines is 1. The normalized spacial score (nSPS) is 11.9. The number of nitrogens with one attached hydrogen (secondary N) is 1. The molecule has 0 spiro atoms. The summed E-state index contributed by atoms with van der Waals surface area (Å²) < 4.78 is 0. The van der Waals surface area contributed by atoms with E-state index in [-0.39, 0.29) is 11.9 Å². The van der Waals surface area contributed by atoms with E-state index in [4.69, 9.17) is 5.73 Å². The lowest BCUT2D eigenvalue weighted by Gasteiger charge is -2.15. The zero-order valence-corrected chi connectivity index (χ0v) is 11.2. The number of benzene rings is 2.